The van der Waals surface area contributed by atoms with Crippen molar-refractivity contribution in [1.82, 2.24) is 9.78 Å². The van der Waals surface area contributed by atoms with E-state index in [1.54, 1.807) is 32.9 Å². The van der Waals surface area contributed by atoms with Crippen molar-refractivity contribution in [2.75, 3.05) is 6.26 Å². The Hall–Kier alpha value is -2.06. The fourth-order valence-corrected chi connectivity index (χ4v) is 4.53. The quantitative estimate of drug-likeness (QED) is 0.498. The van der Waals surface area contributed by atoms with E-state index >= 15 is 0 Å². The number of aromatic amines is 1. The van der Waals surface area contributed by atoms with Gasteiger partial charge in [-0.2, -0.15) is 0 Å². The molecule has 0 amide bonds. The molecule has 0 saturated carbocycles. The molecule has 0 aliphatic rings. The molecule has 3 aromatic rings. The maximum atomic E-state index is 13.4. The lowest BCUT2D eigenvalue weighted by atomic mass is 10.00. The molecule has 1 N–H and O–H groups in total. The normalized spacial score (nSPS) is 12.2. The van der Waals surface area contributed by atoms with Crippen LogP contribution in [0.4, 0.5) is 0 Å². The van der Waals surface area contributed by atoms with Crippen molar-refractivity contribution in [1.29, 1.82) is 0 Å². The molecule has 0 bridgehead atoms. The maximum Gasteiger partial charge on any atom is 0.278 e. The van der Waals surface area contributed by atoms with Gasteiger partial charge in [-0.05, 0) is 57.2 Å². The molecule has 6 nitrogen and oxygen atoms in total. The first-order valence-electron chi connectivity index (χ1n) is 9.07. The van der Waals surface area contributed by atoms with E-state index in [0.29, 0.717) is 10.6 Å². The maximum absolute atomic E-state index is 13.4. The van der Waals surface area contributed by atoms with Gasteiger partial charge in [-0.3, -0.25) is 14.7 Å². The van der Waals surface area contributed by atoms with Crippen LogP contribution in [0.3, 0.4) is 0 Å². The average Bonchev–Trinajstić information content (AvgIpc) is 2.97. The molecule has 10 heteroatoms. The zero-order valence-corrected chi connectivity index (χ0v) is 20.2. The molecule has 0 atom stereocenters. The van der Waals surface area contributed by atoms with Crippen LogP contribution in [0.5, 0.6) is 0 Å². The summed E-state index contributed by atoms with van der Waals surface area (Å²) < 4.78 is 24.9. The summed E-state index contributed by atoms with van der Waals surface area (Å²) >= 11 is 18.6. The van der Waals surface area contributed by atoms with Gasteiger partial charge in [0, 0.05) is 22.4 Å². The highest BCUT2D eigenvalue weighted by atomic mass is 35.5. The monoisotopic (exact) mass is 500 g/mol. The summed E-state index contributed by atoms with van der Waals surface area (Å²) in [7, 11) is -3.51. The minimum absolute atomic E-state index is 0.00226. The van der Waals surface area contributed by atoms with Gasteiger partial charge in [-0.15, -0.1) is 0 Å². The van der Waals surface area contributed by atoms with Gasteiger partial charge < -0.3 is 0 Å². The summed E-state index contributed by atoms with van der Waals surface area (Å²) in [5.74, 6) is -0.657. The Bertz CT molecular complexity index is 1370. The summed E-state index contributed by atoms with van der Waals surface area (Å²) in [6.07, 6.45) is 1.04. The second-order valence-corrected chi connectivity index (χ2v) is 11.3. The van der Waals surface area contributed by atoms with Gasteiger partial charge in [0.1, 0.15) is 5.56 Å². The lowest BCUT2D eigenvalue weighted by Gasteiger charge is -2.19. The summed E-state index contributed by atoms with van der Waals surface area (Å²) in [4.78, 5) is 26.6. The lowest BCUT2D eigenvalue weighted by Crippen LogP contribution is -2.34. The second kappa shape index (κ2) is 8.13. The molecule has 1 heterocycles. The fraction of sp³-hybridized carbons (Fsp3) is 0.238. The largest absolute Gasteiger partial charge is 0.294 e. The molecule has 0 aliphatic heterocycles. The van der Waals surface area contributed by atoms with Gasteiger partial charge in [0.25, 0.3) is 5.56 Å². The third-order valence-electron chi connectivity index (χ3n) is 4.60. The standard InChI is InChI=1S/C21H19Cl3N2O4S/c1-21(2,3)26-20(28)17(18(25-26)13-7-5-11(22)9-15(13)23)19(27)14-8-6-12(10-16(14)24)31(4,29)30/h5-10,25H,1-4H3. The van der Waals surface area contributed by atoms with Gasteiger partial charge in [0.2, 0.25) is 5.78 Å². The van der Waals surface area contributed by atoms with Crippen molar-refractivity contribution in [2.24, 2.45) is 0 Å². The SMILES string of the molecule is CC(C)(C)n1[nH]c(-c2ccc(Cl)cc2Cl)c(C(=O)c2ccc(S(C)(=O)=O)cc2Cl)c1=O. The van der Waals surface area contributed by atoms with Crippen LogP contribution in [-0.2, 0) is 15.4 Å². The van der Waals surface area contributed by atoms with Gasteiger partial charge in [0.15, 0.2) is 9.84 Å². The Balaban J connectivity index is 2.29. The number of halogens is 3. The average molecular weight is 502 g/mol. The first kappa shape index (κ1) is 23.6. The molecule has 3 rings (SSSR count). The van der Waals surface area contributed by atoms with E-state index in [2.05, 4.69) is 5.10 Å². The van der Waals surface area contributed by atoms with Crippen LogP contribution in [0.25, 0.3) is 11.3 Å². The molecule has 31 heavy (non-hydrogen) atoms. The first-order chi connectivity index (χ1) is 14.2. The van der Waals surface area contributed by atoms with Crippen molar-refractivity contribution in [3.05, 3.63) is 72.9 Å². The molecule has 164 valence electrons. The number of benzene rings is 2. The van der Waals surface area contributed by atoms with E-state index in [1.165, 1.54) is 28.9 Å². The number of hydrogen-bond donors (Lipinski definition) is 1. The van der Waals surface area contributed by atoms with Gasteiger partial charge in [-0.1, -0.05) is 34.8 Å². The number of hydrogen-bond acceptors (Lipinski definition) is 4. The van der Waals surface area contributed by atoms with Crippen LogP contribution in [-0.4, -0.2) is 30.2 Å². The van der Waals surface area contributed by atoms with E-state index in [4.69, 9.17) is 34.8 Å². The first-order valence-corrected chi connectivity index (χ1v) is 12.1. The number of rotatable bonds is 4. The Morgan fingerprint density at radius 1 is 1.00 bits per heavy atom. The predicted octanol–water partition coefficient (Wildman–Crippen LogP) is 5.19. The minimum atomic E-state index is -3.51. The number of carbonyl (C=O) groups excluding carboxylic acids is 1. The lowest BCUT2D eigenvalue weighted by molar-refractivity contribution is 0.103. The molecule has 0 unspecified atom stereocenters. The molecule has 2 aromatic carbocycles. The Morgan fingerprint density at radius 3 is 2.16 bits per heavy atom. The highest BCUT2D eigenvalue weighted by Gasteiger charge is 2.29. The van der Waals surface area contributed by atoms with Crippen molar-refractivity contribution in [3.63, 3.8) is 0 Å². The number of H-pyrrole nitrogens is 1. The van der Waals surface area contributed by atoms with Gasteiger partial charge in [-0.25, -0.2) is 13.1 Å². The van der Waals surface area contributed by atoms with Crippen LogP contribution in [0.2, 0.25) is 15.1 Å². The van der Waals surface area contributed by atoms with Crippen LogP contribution >= 0.6 is 34.8 Å². The topological polar surface area (TPSA) is 89.0 Å². The molecular formula is C21H19Cl3N2O4S. The Morgan fingerprint density at radius 2 is 1.65 bits per heavy atom. The number of ketones is 1. The Kier molecular flexibility index (Phi) is 6.19. The van der Waals surface area contributed by atoms with Crippen molar-refractivity contribution in [3.8, 4) is 11.3 Å². The molecule has 0 radical (unpaired) electrons. The molecule has 0 saturated heterocycles. The number of nitrogens with one attached hydrogen (secondary N) is 1. The van der Waals surface area contributed by atoms with Crippen LogP contribution in [0.1, 0.15) is 36.7 Å². The van der Waals surface area contributed by atoms with Crippen molar-refractivity contribution < 1.29 is 13.2 Å². The van der Waals surface area contributed by atoms with E-state index in [-0.39, 0.29) is 31.8 Å². The molecular weight excluding hydrogens is 483 g/mol. The predicted molar refractivity (Wildman–Crippen MR) is 123 cm³/mol. The van der Waals surface area contributed by atoms with Gasteiger partial charge in [0.05, 0.1) is 26.2 Å². The fourth-order valence-electron chi connectivity index (χ4n) is 3.05. The number of sulfone groups is 1. The smallest absolute Gasteiger partial charge is 0.278 e. The van der Waals surface area contributed by atoms with Crippen molar-refractivity contribution >= 4 is 50.4 Å². The summed E-state index contributed by atoms with van der Waals surface area (Å²) in [5, 5.41) is 3.56. The molecule has 0 fully saturated rings. The van der Waals surface area contributed by atoms with Gasteiger partial charge >= 0.3 is 0 Å². The molecule has 1 aromatic heterocycles. The molecule has 0 aliphatic carbocycles. The number of nitrogens with zero attached hydrogens (tertiary/aromatic N) is 1. The van der Waals surface area contributed by atoms with E-state index in [1.807, 2.05) is 0 Å². The van der Waals surface area contributed by atoms with E-state index in [0.717, 1.165) is 6.26 Å². The zero-order chi connectivity index (χ0) is 23.3. The summed E-state index contributed by atoms with van der Waals surface area (Å²) in [6.45, 7) is 5.42. The zero-order valence-electron chi connectivity index (χ0n) is 17.1. The highest BCUT2D eigenvalue weighted by Crippen LogP contribution is 2.33. The summed E-state index contributed by atoms with van der Waals surface area (Å²) in [5.41, 5.74) is -0.742. The third kappa shape index (κ3) is 4.60. The minimum Gasteiger partial charge on any atom is -0.294 e. The third-order valence-corrected chi connectivity index (χ3v) is 6.57. The van der Waals surface area contributed by atoms with Crippen LogP contribution < -0.4 is 5.56 Å². The van der Waals surface area contributed by atoms with Crippen LogP contribution in [0, 0.1) is 0 Å². The second-order valence-electron chi connectivity index (χ2n) is 8.04. The van der Waals surface area contributed by atoms with E-state index < -0.39 is 26.7 Å². The molecule has 0 spiro atoms. The van der Waals surface area contributed by atoms with Crippen LogP contribution in [0.15, 0.2) is 46.1 Å². The number of carbonyl (C=O) groups is 1. The van der Waals surface area contributed by atoms with E-state index in [9.17, 15) is 18.0 Å². The summed E-state index contributed by atoms with van der Waals surface area (Å²) in [6, 6.07) is 8.47. The Labute approximate surface area is 194 Å². The number of aromatic nitrogens is 2. The highest BCUT2D eigenvalue weighted by molar-refractivity contribution is 7.90. The van der Waals surface area contributed by atoms with Crippen molar-refractivity contribution in [2.45, 2.75) is 31.2 Å².